The number of rotatable bonds is 5. The molecule has 3 aromatic rings. The van der Waals surface area contributed by atoms with Crippen LogP contribution in [0.2, 0.25) is 0 Å². The Morgan fingerprint density at radius 2 is 1.94 bits per heavy atom. The van der Waals surface area contributed by atoms with E-state index in [1.807, 2.05) is 6.07 Å². The number of carbonyl (C=O) groups excluding carboxylic acids is 1. The maximum atomic E-state index is 13.3. The van der Waals surface area contributed by atoms with Crippen LogP contribution in [-0.2, 0) is 0 Å². The second kappa shape index (κ2) is 9.68. The Morgan fingerprint density at radius 1 is 1.21 bits per heavy atom. The number of aryl methyl sites for hydroxylation is 2. The third kappa shape index (κ3) is 4.67. The average molecular weight is 469 g/mol. The lowest BCUT2D eigenvalue weighted by molar-refractivity contribution is 0.102. The third-order valence-corrected chi connectivity index (χ3v) is 5.96. The molecule has 1 saturated heterocycles. The Balaban J connectivity index is 1.67. The number of halogens is 2. The molecule has 1 unspecified atom stereocenters. The molecular weight excluding hydrogens is 442 g/mol. The van der Waals surface area contributed by atoms with Crippen molar-refractivity contribution in [3.8, 4) is 5.69 Å². The van der Waals surface area contributed by atoms with Gasteiger partial charge in [-0.05, 0) is 68.1 Å². The number of benzene rings is 1. The summed E-state index contributed by atoms with van der Waals surface area (Å²) >= 11 is 0. The number of nitrogens with two attached hydrogens (primary N) is 1. The number of alkyl halides is 2. The summed E-state index contributed by atoms with van der Waals surface area (Å²) in [5.41, 5.74) is 7.38. The molecule has 1 aliphatic rings. The molecule has 1 aromatic carbocycles. The Bertz CT molecular complexity index is 1260. The molecular formula is C24H26F2N6O2. The maximum Gasteiger partial charge on any atom is 0.272 e. The molecule has 0 bridgehead atoms. The van der Waals surface area contributed by atoms with E-state index in [1.54, 1.807) is 20.0 Å². The number of piperidine rings is 1. The van der Waals surface area contributed by atoms with E-state index >= 15 is 0 Å². The van der Waals surface area contributed by atoms with Gasteiger partial charge in [-0.2, -0.15) is 0 Å². The molecule has 3 heterocycles. The maximum absolute atomic E-state index is 13.3. The van der Waals surface area contributed by atoms with Crippen LogP contribution in [0.3, 0.4) is 0 Å². The van der Waals surface area contributed by atoms with E-state index in [0.29, 0.717) is 22.5 Å². The molecule has 34 heavy (non-hydrogen) atoms. The number of pyridine rings is 1. The minimum absolute atomic E-state index is 0.145. The smallest absolute Gasteiger partial charge is 0.272 e. The van der Waals surface area contributed by atoms with Gasteiger partial charge in [0.15, 0.2) is 0 Å². The zero-order valence-electron chi connectivity index (χ0n) is 18.9. The van der Waals surface area contributed by atoms with Gasteiger partial charge in [-0.15, -0.1) is 0 Å². The molecule has 1 aliphatic heterocycles. The Hall–Kier alpha value is -3.66. The van der Waals surface area contributed by atoms with Crippen LogP contribution in [0, 0.1) is 13.8 Å². The Morgan fingerprint density at radius 3 is 2.59 bits per heavy atom. The van der Waals surface area contributed by atoms with Gasteiger partial charge in [-0.1, -0.05) is 6.42 Å². The van der Waals surface area contributed by atoms with E-state index in [2.05, 4.69) is 20.6 Å². The van der Waals surface area contributed by atoms with Crippen molar-refractivity contribution in [1.82, 2.24) is 19.9 Å². The van der Waals surface area contributed by atoms with E-state index in [1.165, 1.54) is 24.7 Å². The second-order valence-corrected chi connectivity index (χ2v) is 8.45. The minimum Gasteiger partial charge on any atom is -0.383 e. The number of nitrogen functional groups attached to an aromatic ring is 1. The van der Waals surface area contributed by atoms with Crippen LogP contribution in [0.4, 0.5) is 20.3 Å². The van der Waals surface area contributed by atoms with E-state index in [9.17, 15) is 18.4 Å². The summed E-state index contributed by atoms with van der Waals surface area (Å²) in [6.07, 6.45) is 5.01. The third-order valence-electron chi connectivity index (χ3n) is 5.96. The SMILES string of the molecule is Cc1cc(C(F)F)cc(C)c1-n1cnc(N)c(C(=O)Nc2cncc(C3CCCCN3)c2)c1=O. The van der Waals surface area contributed by atoms with Gasteiger partial charge < -0.3 is 16.4 Å². The minimum atomic E-state index is -2.64. The summed E-state index contributed by atoms with van der Waals surface area (Å²) in [5, 5.41) is 6.12. The van der Waals surface area contributed by atoms with Gasteiger partial charge in [-0.25, -0.2) is 13.8 Å². The van der Waals surface area contributed by atoms with Gasteiger partial charge in [0.05, 0.1) is 17.6 Å². The Labute approximate surface area is 195 Å². The lowest BCUT2D eigenvalue weighted by atomic mass is 9.99. The predicted molar refractivity (Wildman–Crippen MR) is 125 cm³/mol. The zero-order valence-corrected chi connectivity index (χ0v) is 18.9. The summed E-state index contributed by atoms with van der Waals surface area (Å²) in [6, 6.07) is 4.59. The van der Waals surface area contributed by atoms with Crippen molar-refractivity contribution in [1.29, 1.82) is 0 Å². The average Bonchev–Trinajstić information content (AvgIpc) is 2.80. The highest BCUT2D eigenvalue weighted by Gasteiger charge is 2.22. The number of nitrogens with one attached hydrogen (secondary N) is 2. The van der Waals surface area contributed by atoms with E-state index in [-0.39, 0.29) is 23.0 Å². The normalized spacial score (nSPS) is 16.0. The Kier molecular flexibility index (Phi) is 6.69. The fourth-order valence-electron chi connectivity index (χ4n) is 4.38. The number of aromatic nitrogens is 3. The van der Waals surface area contributed by atoms with Crippen LogP contribution in [0.25, 0.3) is 5.69 Å². The van der Waals surface area contributed by atoms with Crippen molar-refractivity contribution >= 4 is 17.4 Å². The van der Waals surface area contributed by atoms with Crippen LogP contribution >= 0.6 is 0 Å². The largest absolute Gasteiger partial charge is 0.383 e. The van der Waals surface area contributed by atoms with Gasteiger partial charge in [0.2, 0.25) is 0 Å². The van der Waals surface area contributed by atoms with Crippen molar-refractivity contribution in [3.05, 3.63) is 75.1 Å². The van der Waals surface area contributed by atoms with Crippen LogP contribution in [0.1, 0.15) is 64.3 Å². The fourth-order valence-corrected chi connectivity index (χ4v) is 4.38. The van der Waals surface area contributed by atoms with Crippen molar-refractivity contribution in [2.24, 2.45) is 0 Å². The van der Waals surface area contributed by atoms with Crippen LogP contribution < -0.4 is 21.9 Å². The van der Waals surface area contributed by atoms with Crippen molar-refractivity contribution in [3.63, 3.8) is 0 Å². The van der Waals surface area contributed by atoms with Gasteiger partial charge in [0, 0.05) is 17.8 Å². The van der Waals surface area contributed by atoms with Crippen molar-refractivity contribution < 1.29 is 13.6 Å². The highest BCUT2D eigenvalue weighted by atomic mass is 19.3. The van der Waals surface area contributed by atoms with Crippen molar-refractivity contribution in [2.75, 3.05) is 17.6 Å². The molecule has 1 fully saturated rings. The number of nitrogens with zero attached hydrogens (tertiary/aromatic N) is 3. The highest BCUT2D eigenvalue weighted by Crippen LogP contribution is 2.27. The topological polar surface area (TPSA) is 115 Å². The first-order chi connectivity index (χ1) is 16.3. The predicted octanol–water partition coefficient (Wildman–Crippen LogP) is 3.83. The monoisotopic (exact) mass is 468 g/mol. The molecule has 4 rings (SSSR count). The first-order valence-corrected chi connectivity index (χ1v) is 11.0. The number of carbonyl (C=O) groups is 1. The first-order valence-electron chi connectivity index (χ1n) is 11.0. The van der Waals surface area contributed by atoms with Gasteiger partial charge in [-0.3, -0.25) is 19.1 Å². The molecule has 2 aromatic heterocycles. The zero-order chi connectivity index (χ0) is 24.4. The molecule has 8 nitrogen and oxygen atoms in total. The summed E-state index contributed by atoms with van der Waals surface area (Å²) in [4.78, 5) is 34.6. The summed E-state index contributed by atoms with van der Waals surface area (Å²) in [6.45, 7) is 4.16. The second-order valence-electron chi connectivity index (χ2n) is 8.45. The van der Waals surface area contributed by atoms with Gasteiger partial charge in [0.1, 0.15) is 17.7 Å². The van der Waals surface area contributed by atoms with Crippen molar-refractivity contribution in [2.45, 2.75) is 45.6 Å². The van der Waals surface area contributed by atoms with E-state index in [4.69, 9.17) is 5.73 Å². The highest BCUT2D eigenvalue weighted by molar-refractivity contribution is 6.06. The summed E-state index contributed by atoms with van der Waals surface area (Å²) < 4.78 is 27.5. The van der Waals surface area contributed by atoms with E-state index < -0.39 is 17.9 Å². The van der Waals surface area contributed by atoms with Crippen LogP contribution in [0.5, 0.6) is 0 Å². The summed E-state index contributed by atoms with van der Waals surface area (Å²) in [5.74, 6) is -0.948. The number of hydrogen-bond donors (Lipinski definition) is 3. The molecule has 0 spiro atoms. The number of anilines is 2. The number of hydrogen-bond acceptors (Lipinski definition) is 6. The van der Waals surface area contributed by atoms with E-state index in [0.717, 1.165) is 35.9 Å². The fraction of sp³-hybridized carbons (Fsp3) is 0.333. The van der Waals surface area contributed by atoms with Gasteiger partial charge in [0.25, 0.3) is 17.9 Å². The molecule has 4 N–H and O–H groups in total. The molecule has 178 valence electrons. The van der Waals surface area contributed by atoms with Gasteiger partial charge >= 0.3 is 0 Å². The molecule has 1 atom stereocenters. The van der Waals surface area contributed by atoms with Crippen LogP contribution in [-0.4, -0.2) is 27.0 Å². The molecule has 10 heteroatoms. The lowest BCUT2D eigenvalue weighted by Gasteiger charge is -2.23. The standard InChI is InChI=1S/C24H26F2N6O2/c1-13-7-15(21(25)26)8-14(2)20(13)32-12-30-22(27)19(24(32)34)23(33)31-17-9-16(10-28-11-17)18-5-3-4-6-29-18/h7-12,18,21,29H,3-6,27H2,1-2H3,(H,31,33). The molecule has 0 radical (unpaired) electrons. The number of amides is 1. The lowest BCUT2D eigenvalue weighted by Crippen LogP contribution is -2.31. The molecule has 0 aliphatic carbocycles. The quantitative estimate of drug-likeness (QED) is 0.524. The molecule has 0 saturated carbocycles. The summed E-state index contributed by atoms with van der Waals surface area (Å²) in [7, 11) is 0. The van der Waals surface area contributed by atoms with Crippen LogP contribution in [0.15, 0.2) is 41.7 Å². The molecule has 1 amide bonds. The first kappa shape index (κ1) is 23.5.